The number of hydrogen-bond donors (Lipinski definition) is 1. The highest BCUT2D eigenvalue weighted by Crippen LogP contribution is 2.39. The second-order valence-electron chi connectivity index (χ2n) is 5.76. The third-order valence-corrected chi connectivity index (χ3v) is 4.42. The summed E-state index contributed by atoms with van der Waals surface area (Å²) in [5.41, 5.74) is 0.524. The van der Waals surface area contributed by atoms with Crippen LogP contribution in [0.5, 0.6) is 0 Å². The van der Waals surface area contributed by atoms with E-state index in [0.717, 1.165) is 5.75 Å². The van der Waals surface area contributed by atoms with E-state index in [2.05, 4.69) is 43.6 Å². The summed E-state index contributed by atoms with van der Waals surface area (Å²) in [6.45, 7) is 3.65. The normalized spacial score (nSPS) is 19.9. The Hall–Kier alpha value is 0.270. The van der Waals surface area contributed by atoms with Crippen LogP contribution >= 0.6 is 12.6 Å². The Labute approximate surface area is 107 Å². The zero-order valence-electron chi connectivity index (χ0n) is 11.2. The average molecular weight is 244 g/mol. The fraction of sp³-hybridized carbons (Fsp3) is 1.00. The van der Waals surface area contributed by atoms with Gasteiger partial charge in [0.1, 0.15) is 0 Å². The lowest BCUT2D eigenvalue weighted by Gasteiger charge is -2.32. The van der Waals surface area contributed by atoms with Crippen LogP contribution in [-0.2, 0) is 0 Å². The molecule has 16 heavy (non-hydrogen) atoms. The Balaban J connectivity index is 2.24. The molecule has 0 saturated heterocycles. The molecule has 1 fully saturated rings. The van der Waals surface area contributed by atoms with E-state index in [0.29, 0.717) is 5.41 Å². The first-order valence-electron chi connectivity index (χ1n) is 6.52. The number of hydrogen-bond acceptors (Lipinski definition) is 3. The zero-order valence-corrected chi connectivity index (χ0v) is 12.1. The largest absolute Gasteiger partial charge is 0.309 e. The van der Waals surface area contributed by atoms with Gasteiger partial charge in [-0.25, -0.2) is 0 Å². The highest BCUT2D eigenvalue weighted by Gasteiger charge is 2.33. The van der Waals surface area contributed by atoms with Crippen LogP contribution in [0.15, 0.2) is 0 Å². The lowest BCUT2D eigenvalue weighted by atomic mass is 9.88. The van der Waals surface area contributed by atoms with Crippen LogP contribution in [0, 0.1) is 5.41 Å². The molecule has 0 aromatic carbocycles. The van der Waals surface area contributed by atoms with Crippen molar-refractivity contribution < 1.29 is 0 Å². The summed E-state index contributed by atoms with van der Waals surface area (Å²) in [6.07, 6.45) is 6.85. The number of rotatable bonds is 7. The molecule has 0 amide bonds. The van der Waals surface area contributed by atoms with Gasteiger partial charge in [-0.15, -0.1) is 0 Å². The SMILES string of the molecule is CN(C)CCCN(C)CC1(CS)CCCC1. The van der Waals surface area contributed by atoms with E-state index >= 15 is 0 Å². The first kappa shape index (κ1) is 14.3. The minimum absolute atomic E-state index is 0.524. The molecule has 1 aliphatic rings. The van der Waals surface area contributed by atoms with Gasteiger partial charge in [0.05, 0.1) is 0 Å². The molecular weight excluding hydrogens is 216 g/mol. The molecule has 0 spiro atoms. The van der Waals surface area contributed by atoms with Gasteiger partial charge in [-0.1, -0.05) is 12.8 Å². The van der Waals surface area contributed by atoms with Gasteiger partial charge in [0.15, 0.2) is 0 Å². The van der Waals surface area contributed by atoms with Crippen LogP contribution in [-0.4, -0.2) is 56.3 Å². The molecule has 1 rings (SSSR count). The number of thiol groups is 1. The molecule has 0 aliphatic heterocycles. The van der Waals surface area contributed by atoms with Crippen molar-refractivity contribution in [2.45, 2.75) is 32.1 Å². The second-order valence-corrected chi connectivity index (χ2v) is 6.08. The van der Waals surface area contributed by atoms with Gasteiger partial charge in [-0.3, -0.25) is 0 Å². The summed E-state index contributed by atoms with van der Waals surface area (Å²) in [5.74, 6) is 1.06. The van der Waals surface area contributed by atoms with Crippen molar-refractivity contribution in [2.24, 2.45) is 5.41 Å². The van der Waals surface area contributed by atoms with E-state index in [-0.39, 0.29) is 0 Å². The van der Waals surface area contributed by atoms with E-state index in [1.807, 2.05) is 0 Å². The predicted octanol–water partition coefficient (Wildman–Crippen LogP) is 2.36. The summed E-state index contributed by atoms with van der Waals surface area (Å²) in [5, 5.41) is 0. The highest BCUT2D eigenvalue weighted by atomic mass is 32.1. The fourth-order valence-corrected chi connectivity index (χ4v) is 3.22. The third kappa shape index (κ3) is 4.64. The van der Waals surface area contributed by atoms with Crippen molar-refractivity contribution in [1.29, 1.82) is 0 Å². The quantitative estimate of drug-likeness (QED) is 0.687. The average Bonchev–Trinajstić information content (AvgIpc) is 2.66. The lowest BCUT2D eigenvalue weighted by Crippen LogP contribution is -2.36. The first-order chi connectivity index (χ1) is 7.58. The molecule has 0 N–H and O–H groups in total. The standard InChI is InChI=1S/C13H28N2S/c1-14(2)9-6-10-15(3)11-13(12-16)7-4-5-8-13/h16H,4-12H2,1-3H3. The Morgan fingerprint density at radius 1 is 1.06 bits per heavy atom. The Kier molecular flexibility index (Phi) is 6.16. The van der Waals surface area contributed by atoms with Crippen LogP contribution in [0.3, 0.4) is 0 Å². The van der Waals surface area contributed by atoms with Crippen molar-refractivity contribution >= 4 is 12.6 Å². The molecule has 3 heteroatoms. The van der Waals surface area contributed by atoms with Crippen LogP contribution in [0.2, 0.25) is 0 Å². The Bertz CT molecular complexity index is 188. The molecule has 0 aromatic rings. The summed E-state index contributed by atoms with van der Waals surface area (Å²) >= 11 is 4.56. The van der Waals surface area contributed by atoms with Crippen LogP contribution in [0.1, 0.15) is 32.1 Å². The van der Waals surface area contributed by atoms with Gasteiger partial charge in [0, 0.05) is 6.54 Å². The van der Waals surface area contributed by atoms with E-state index in [9.17, 15) is 0 Å². The van der Waals surface area contributed by atoms with Gasteiger partial charge in [-0.05, 0) is 64.7 Å². The fourth-order valence-electron chi connectivity index (χ4n) is 2.80. The maximum Gasteiger partial charge on any atom is 0.00427 e. The Morgan fingerprint density at radius 2 is 1.69 bits per heavy atom. The summed E-state index contributed by atoms with van der Waals surface area (Å²) in [6, 6.07) is 0. The first-order valence-corrected chi connectivity index (χ1v) is 7.15. The minimum Gasteiger partial charge on any atom is -0.309 e. The highest BCUT2D eigenvalue weighted by molar-refractivity contribution is 7.80. The van der Waals surface area contributed by atoms with Crippen molar-refractivity contribution in [1.82, 2.24) is 9.80 Å². The molecule has 96 valence electrons. The van der Waals surface area contributed by atoms with Crippen LogP contribution in [0.25, 0.3) is 0 Å². The summed E-state index contributed by atoms with van der Waals surface area (Å²) in [7, 11) is 6.55. The molecule has 0 atom stereocenters. The summed E-state index contributed by atoms with van der Waals surface area (Å²) < 4.78 is 0. The van der Waals surface area contributed by atoms with Gasteiger partial charge < -0.3 is 9.80 Å². The van der Waals surface area contributed by atoms with Crippen molar-refractivity contribution in [3.63, 3.8) is 0 Å². The van der Waals surface area contributed by atoms with Gasteiger partial charge in [-0.2, -0.15) is 12.6 Å². The molecule has 0 bridgehead atoms. The molecule has 1 saturated carbocycles. The molecule has 2 nitrogen and oxygen atoms in total. The monoisotopic (exact) mass is 244 g/mol. The smallest absolute Gasteiger partial charge is 0.00427 e. The molecule has 0 unspecified atom stereocenters. The lowest BCUT2D eigenvalue weighted by molar-refractivity contribution is 0.195. The molecule has 0 radical (unpaired) electrons. The van der Waals surface area contributed by atoms with Gasteiger partial charge >= 0.3 is 0 Å². The maximum absolute atomic E-state index is 4.56. The predicted molar refractivity (Wildman–Crippen MR) is 75.4 cm³/mol. The zero-order chi connectivity index (χ0) is 12.0. The van der Waals surface area contributed by atoms with Gasteiger partial charge in [0.25, 0.3) is 0 Å². The molecule has 1 aliphatic carbocycles. The molecular formula is C13H28N2S. The van der Waals surface area contributed by atoms with E-state index in [4.69, 9.17) is 0 Å². The minimum atomic E-state index is 0.524. The van der Waals surface area contributed by atoms with Crippen molar-refractivity contribution in [3.05, 3.63) is 0 Å². The van der Waals surface area contributed by atoms with Crippen LogP contribution in [0.4, 0.5) is 0 Å². The third-order valence-electron chi connectivity index (χ3n) is 3.75. The summed E-state index contributed by atoms with van der Waals surface area (Å²) in [4.78, 5) is 4.77. The van der Waals surface area contributed by atoms with E-state index in [1.165, 1.54) is 51.7 Å². The maximum atomic E-state index is 4.56. The topological polar surface area (TPSA) is 6.48 Å². The Morgan fingerprint density at radius 3 is 2.19 bits per heavy atom. The molecule has 0 aromatic heterocycles. The molecule has 0 heterocycles. The van der Waals surface area contributed by atoms with E-state index < -0.39 is 0 Å². The van der Waals surface area contributed by atoms with Gasteiger partial charge in [0.2, 0.25) is 0 Å². The van der Waals surface area contributed by atoms with Crippen molar-refractivity contribution in [2.75, 3.05) is 46.5 Å². The second kappa shape index (κ2) is 6.87. The van der Waals surface area contributed by atoms with Crippen LogP contribution < -0.4 is 0 Å². The van der Waals surface area contributed by atoms with Crippen molar-refractivity contribution in [3.8, 4) is 0 Å². The van der Waals surface area contributed by atoms with E-state index in [1.54, 1.807) is 0 Å². The number of nitrogens with zero attached hydrogens (tertiary/aromatic N) is 2.